The van der Waals surface area contributed by atoms with Gasteiger partial charge in [-0.15, -0.1) is 11.6 Å². The molecular formula is C9H10ClN3. The lowest BCUT2D eigenvalue weighted by molar-refractivity contribution is 0.883. The van der Waals surface area contributed by atoms with Gasteiger partial charge in [-0.3, -0.25) is 0 Å². The summed E-state index contributed by atoms with van der Waals surface area (Å²) in [6.07, 6.45) is 2.71. The molecule has 0 saturated heterocycles. The first-order valence-corrected chi connectivity index (χ1v) is 4.71. The monoisotopic (exact) mass is 195 g/mol. The second-order valence-electron chi connectivity index (χ2n) is 2.95. The van der Waals surface area contributed by atoms with Crippen molar-refractivity contribution in [1.29, 1.82) is 0 Å². The zero-order valence-electron chi connectivity index (χ0n) is 7.37. The van der Waals surface area contributed by atoms with Crippen molar-refractivity contribution in [3.8, 4) is 0 Å². The zero-order valence-corrected chi connectivity index (χ0v) is 8.12. The Morgan fingerprint density at radius 2 is 2.38 bits per heavy atom. The van der Waals surface area contributed by atoms with Crippen molar-refractivity contribution in [2.45, 2.75) is 13.3 Å². The molecule has 0 aliphatic heterocycles. The molecule has 0 atom stereocenters. The Morgan fingerprint density at radius 1 is 1.54 bits per heavy atom. The Labute approximate surface area is 81.4 Å². The maximum atomic E-state index is 5.63. The van der Waals surface area contributed by atoms with Gasteiger partial charge in [-0.2, -0.15) is 5.10 Å². The molecule has 2 aromatic heterocycles. The van der Waals surface area contributed by atoms with Crippen LogP contribution in [-0.4, -0.2) is 20.5 Å². The van der Waals surface area contributed by atoms with Crippen LogP contribution in [0.15, 0.2) is 18.3 Å². The standard InChI is InChI=1S/C9H10ClN3/c1-7-3-5-13-9(11-7)6-8(12-13)2-4-10/h3,5-6H,2,4H2,1H3. The number of alkyl halides is 1. The minimum Gasteiger partial charge on any atom is -0.234 e. The van der Waals surface area contributed by atoms with E-state index in [0.29, 0.717) is 5.88 Å². The van der Waals surface area contributed by atoms with Gasteiger partial charge >= 0.3 is 0 Å². The largest absolute Gasteiger partial charge is 0.234 e. The highest BCUT2D eigenvalue weighted by molar-refractivity contribution is 6.17. The number of fused-ring (bicyclic) bond motifs is 1. The fourth-order valence-electron chi connectivity index (χ4n) is 1.24. The molecule has 4 heteroatoms. The summed E-state index contributed by atoms with van der Waals surface area (Å²) in [5.41, 5.74) is 2.89. The molecule has 3 nitrogen and oxygen atoms in total. The third-order valence-electron chi connectivity index (χ3n) is 1.87. The molecule has 2 heterocycles. The van der Waals surface area contributed by atoms with E-state index in [1.54, 1.807) is 4.52 Å². The minimum atomic E-state index is 0.600. The molecule has 0 saturated carbocycles. The number of hydrogen-bond donors (Lipinski definition) is 0. The van der Waals surface area contributed by atoms with Crippen molar-refractivity contribution < 1.29 is 0 Å². The average Bonchev–Trinajstić information content (AvgIpc) is 2.46. The van der Waals surface area contributed by atoms with Gasteiger partial charge in [-0.05, 0) is 13.0 Å². The highest BCUT2D eigenvalue weighted by Crippen LogP contribution is 2.05. The van der Waals surface area contributed by atoms with Crippen molar-refractivity contribution in [3.05, 3.63) is 29.7 Å². The third kappa shape index (κ3) is 1.65. The van der Waals surface area contributed by atoms with Gasteiger partial charge < -0.3 is 0 Å². The number of halogens is 1. The molecule has 0 aliphatic rings. The molecule has 0 aromatic carbocycles. The summed E-state index contributed by atoms with van der Waals surface area (Å²) in [5.74, 6) is 0.600. The van der Waals surface area contributed by atoms with Crippen LogP contribution in [0.1, 0.15) is 11.4 Å². The number of hydrogen-bond acceptors (Lipinski definition) is 2. The first kappa shape index (κ1) is 8.51. The van der Waals surface area contributed by atoms with Crippen LogP contribution >= 0.6 is 11.6 Å². The van der Waals surface area contributed by atoms with Gasteiger partial charge in [0.15, 0.2) is 5.65 Å². The van der Waals surface area contributed by atoms with E-state index < -0.39 is 0 Å². The molecule has 0 amide bonds. The molecule has 0 spiro atoms. The van der Waals surface area contributed by atoms with Crippen molar-refractivity contribution in [3.63, 3.8) is 0 Å². The molecule has 0 bridgehead atoms. The van der Waals surface area contributed by atoms with Crippen LogP contribution in [0.3, 0.4) is 0 Å². The minimum absolute atomic E-state index is 0.600. The molecule has 13 heavy (non-hydrogen) atoms. The molecule has 2 rings (SSSR count). The summed E-state index contributed by atoms with van der Waals surface area (Å²) in [7, 11) is 0. The number of aromatic nitrogens is 3. The normalized spacial score (nSPS) is 10.9. The summed E-state index contributed by atoms with van der Waals surface area (Å²) < 4.78 is 1.77. The maximum Gasteiger partial charge on any atom is 0.155 e. The first-order chi connectivity index (χ1) is 6.29. The van der Waals surface area contributed by atoms with Gasteiger partial charge in [0, 0.05) is 30.3 Å². The summed E-state index contributed by atoms with van der Waals surface area (Å²) in [5, 5.41) is 4.31. The smallest absolute Gasteiger partial charge is 0.155 e. The molecule has 0 N–H and O–H groups in total. The van der Waals surface area contributed by atoms with Crippen LogP contribution in [0.4, 0.5) is 0 Å². The van der Waals surface area contributed by atoms with E-state index in [-0.39, 0.29) is 0 Å². The molecular weight excluding hydrogens is 186 g/mol. The van der Waals surface area contributed by atoms with E-state index in [2.05, 4.69) is 10.1 Å². The fraction of sp³-hybridized carbons (Fsp3) is 0.333. The number of aryl methyl sites for hydroxylation is 2. The Morgan fingerprint density at radius 3 is 3.15 bits per heavy atom. The molecule has 0 unspecified atom stereocenters. The predicted octanol–water partition coefficient (Wildman–Crippen LogP) is 1.82. The summed E-state index contributed by atoms with van der Waals surface area (Å²) in [6, 6.07) is 3.90. The quantitative estimate of drug-likeness (QED) is 0.685. The van der Waals surface area contributed by atoms with Crippen LogP contribution in [-0.2, 0) is 6.42 Å². The van der Waals surface area contributed by atoms with Gasteiger partial charge in [-0.1, -0.05) is 0 Å². The van der Waals surface area contributed by atoms with Gasteiger partial charge in [0.2, 0.25) is 0 Å². The maximum absolute atomic E-state index is 5.63. The van der Waals surface area contributed by atoms with Crippen LogP contribution < -0.4 is 0 Å². The number of rotatable bonds is 2. The van der Waals surface area contributed by atoms with E-state index in [9.17, 15) is 0 Å². The lowest BCUT2D eigenvalue weighted by atomic mass is 10.3. The highest BCUT2D eigenvalue weighted by Gasteiger charge is 2.01. The van der Waals surface area contributed by atoms with Crippen molar-refractivity contribution in [2.24, 2.45) is 0 Å². The van der Waals surface area contributed by atoms with E-state index in [1.165, 1.54) is 0 Å². The van der Waals surface area contributed by atoms with Crippen LogP contribution in [0.25, 0.3) is 5.65 Å². The van der Waals surface area contributed by atoms with Gasteiger partial charge in [0.05, 0.1) is 5.69 Å². The summed E-state index contributed by atoms with van der Waals surface area (Å²) in [4.78, 5) is 4.34. The number of nitrogens with zero attached hydrogens (tertiary/aromatic N) is 3. The van der Waals surface area contributed by atoms with Crippen molar-refractivity contribution in [1.82, 2.24) is 14.6 Å². The SMILES string of the molecule is Cc1ccn2nc(CCCl)cc2n1. The van der Waals surface area contributed by atoms with Crippen molar-refractivity contribution >= 4 is 17.2 Å². The lowest BCUT2D eigenvalue weighted by Gasteiger charge is -1.91. The Bertz CT molecular complexity index is 422. The molecule has 0 fully saturated rings. The first-order valence-electron chi connectivity index (χ1n) is 4.17. The van der Waals surface area contributed by atoms with Crippen LogP contribution in [0.5, 0.6) is 0 Å². The van der Waals surface area contributed by atoms with Gasteiger partial charge in [0.25, 0.3) is 0 Å². The molecule has 2 aromatic rings. The van der Waals surface area contributed by atoms with E-state index >= 15 is 0 Å². The van der Waals surface area contributed by atoms with E-state index in [0.717, 1.165) is 23.5 Å². The Kier molecular flexibility index (Phi) is 2.19. The van der Waals surface area contributed by atoms with Gasteiger partial charge in [0.1, 0.15) is 0 Å². The Balaban J connectivity index is 2.49. The van der Waals surface area contributed by atoms with E-state index in [4.69, 9.17) is 11.6 Å². The predicted molar refractivity (Wildman–Crippen MR) is 52.1 cm³/mol. The Hall–Kier alpha value is -1.09. The highest BCUT2D eigenvalue weighted by atomic mass is 35.5. The topological polar surface area (TPSA) is 30.2 Å². The van der Waals surface area contributed by atoms with E-state index in [1.807, 2.05) is 25.3 Å². The van der Waals surface area contributed by atoms with Crippen molar-refractivity contribution in [2.75, 3.05) is 5.88 Å². The molecule has 0 radical (unpaired) electrons. The third-order valence-corrected chi connectivity index (χ3v) is 2.05. The molecule has 0 aliphatic carbocycles. The van der Waals surface area contributed by atoms with Crippen LogP contribution in [0.2, 0.25) is 0 Å². The summed E-state index contributed by atoms with van der Waals surface area (Å²) in [6.45, 7) is 1.97. The lowest BCUT2D eigenvalue weighted by Crippen LogP contribution is -1.91. The van der Waals surface area contributed by atoms with Crippen LogP contribution in [0, 0.1) is 6.92 Å². The second kappa shape index (κ2) is 3.34. The summed E-state index contributed by atoms with van der Waals surface area (Å²) >= 11 is 5.63. The second-order valence-corrected chi connectivity index (χ2v) is 3.32. The fourth-order valence-corrected chi connectivity index (χ4v) is 1.44. The zero-order chi connectivity index (χ0) is 9.26. The molecule has 68 valence electrons. The van der Waals surface area contributed by atoms with Gasteiger partial charge in [-0.25, -0.2) is 9.50 Å². The average molecular weight is 196 g/mol.